The maximum atomic E-state index is 12.7. The minimum absolute atomic E-state index is 0.171. The van der Waals surface area contributed by atoms with E-state index in [4.69, 9.17) is 0 Å². The van der Waals surface area contributed by atoms with Crippen LogP contribution < -0.4 is 10.2 Å². The van der Waals surface area contributed by atoms with Crippen LogP contribution in [0.1, 0.15) is 35.5 Å². The number of hydrogen-bond donors (Lipinski definition) is 1. The first-order valence-electron chi connectivity index (χ1n) is 8.92. The lowest BCUT2D eigenvalue weighted by Crippen LogP contribution is -2.23. The van der Waals surface area contributed by atoms with E-state index in [1.54, 1.807) is 6.20 Å². The molecule has 0 saturated carbocycles. The Balaban J connectivity index is 1.82. The van der Waals surface area contributed by atoms with Crippen molar-refractivity contribution in [1.29, 1.82) is 0 Å². The molecular formula is C21H24N4O. The molecule has 0 aliphatic heterocycles. The molecule has 5 heteroatoms. The number of fused-ring (bicyclic) bond motifs is 1. The summed E-state index contributed by atoms with van der Waals surface area (Å²) in [6.45, 7) is 9.88. The smallest absolute Gasteiger partial charge is 0.257 e. The van der Waals surface area contributed by atoms with Crippen LogP contribution in [0.25, 0.3) is 10.9 Å². The Labute approximate surface area is 154 Å². The van der Waals surface area contributed by atoms with Crippen LogP contribution in [-0.4, -0.2) is 29.0 Å². The van der Waals surface area contributed by atoms with E-state index in [9.17, 15) is 4.79 Å². The number of nitrogens with zero attached hydrogens (tertiary/aromatic N) is 3. The van der Waals surface area contributed by atoms with E-state index in [-0.39, 0.29) is 5.91 Å². The number of anilines is 2. The van der Waals surface area contributed by atoms with Gasteiger partial charge in [-0.1, -0.05) is 12.1 Å². The summed E-state index contributed by atoms with van der Waals surface area (Å²) in [6.07, 6.45) is 1.69. The van der Waals surface area contributed by atoms with E-state index in [1.807, 2.05) is 50.2 Å². The summed E-state index contributed by atoms with van der Waals surface area (Å²) >= 11 is 0. The molecule has 1 N–H and O–H groups in total. The molecule has 0 bridgehead atoms. The first kappa shape index (κ1) is 17.9. The maximum Gasteiger partial charge on any atom is 0.257 e. The van der Waals surface area contributed by atoms with Crippen molar-refractivity contribution in [2.24, 2.45) is 0 Å². The summed E-state index contributed by atoms with van der Waals surface area (Å²) in [4.78, 5) is 23.9. The molecule has 2 heterocycles. The lowest BCUT2D eigenvalue weighted by Gasteiger charge is -2.19. The zero-order valence-corrected chi connectivity index (χ0v) is 15.7. The quantitative estimate of drug-likeness (QED) is 0.745. The molecule has 0 aliphatic rings. The van der Waals surface area contributed by atoms with Gasteiger partial charge in [0.1, 0.15) is 5.82 Å². The van der Waals surface area contributed by atoms with Gasteiger partial charge < -0.3 is 10.2 Å². The summed E-state index contributed by atoms with van der Waals surface area (Å²) in [5.41, 5.74) is 4.03. The van der Waals surface area contributed by atoms with Gasteiger partial charge in [-0.2, -0.15) is 0 Å². The summed E-state index contributed by atoms with van der Waals surface area (Å²) in [5, 5.41) is 3.88. The number of nitrogens with one attached hydrogen (secondary N) is 1. The zero-order chi connectivity index (χ0) is 18.7. The predicted octanol–water partition coefficient (Wildman–Crippen LogP) is 4.35. The van der Waals surface area contributed by atoms with Gasteiger partial charge in [0.15, 0.2) is 0 Å². The first-order chi connectivity index (χ1) is 12.5. The molecule has 0 radical (unpaired) electrons. The third-order valence-electron chi connectivity index (χ3n) is 4.50. The minimum atomic E-state index is -0.171. The number of carbonyl (C=O) groups is 1. The van der Waals surface area contributed by atoms with Gasteiger partial charge in [-0.25, -0.2) is 4.98 Å². The van der Waals surface area contributed by atoms with E-state index in [2.05, 4.69) is 34.0 Å². The van der Waals surface area contributed by atoms with E-state index >= 15 is 0 Å². The Bertz CT molecular complexity index is 931. The molecule has 0 spiro atoms. The maximum absolute atomic E-state index is 12.7. The highest BCUT2D eigenvalue weighted by molar-refractivity contribution is 6.06. The first-order valence-corrected chi connectivity index (χ1v) is 8.92. The number of pyridine rings is 2. The number of aryl methyl sites for hydroxylation is 2. The van der Waals surface area contributed by atoms with Crippen molar-refractivity contribution in [1.82, 2.24) is 9.97 Å². The van der Waals surface area contributed by atoms with E-state index in [1.165, 1.54) is 0 Å². The lowest BCUT2D eigenvalue weighted by atomic mass is 10.1. The standard InChI is InChI=1S/C21H24N4O/c1-5-25(6-2)20-10-9-17(13-22-20)24-21(26)18-12-16-8-7-14(3)11-19(16)23-15(18)4/h7-13H,5-6H2,1-4H3,(H,24,26). The molecule has 0 unspecified atom stereocenters. The molecule has 0 fully saturated rings. The topological polar surface area (TPSA) is 58.1 Å². The molecule has 2 aromatic heterocycles. The second kappa shape index (κ2) is 7.52. The molecule has 0 saturated heterocycles. The molecule has 26 heavy (non-hydrogen) atoms. The summed E-state index contributed by atoms with van der Waals surface area (Å²) in [7, 11) is 0. The second-order valence-electron chi connectivity index (χ2n) is 6.35. The van der Waals surface area contributed by atoms with Crippen LogP contribution in [0.15, 0.2) is 42.6 Å². The molecule has 3 aromatic rings. The average molecular weight is 348 g/mol. The van der Waals surface area contributed by atoms with Crippen LogP contribution in [0.5, 0.6) is 0 Å². The Morgan fingerprint density at radius 3 is 2.50 bits per heavy atom. The number of aromatic nitrogens is 2. The summed E-state index contributed by atoms with van der Waals surface area (Å²) in [5.74, 6) is 0.738. The van der Waals surface area contributed by atoms with Crippen LogP contribution in [0.2, 0.25) is 0 Å². The monoisotopic (exact) mass is 348 g/mol. The minimum Gasteiger partial charge on any atom is -0.357 e. The predicted molar refractivity (Wildman–Crippen MR) is 107 cm³/mol. The van der Waals surface area contributed by atoms with Gasteiger partial charge in [-0.3, -0.25) is 9.78 Å². The fraction of sp³-hybridized carbons (Fsp3) is 0.286. The highest BCUT2D eigenvalue weighted by Gasteiger charge is 2.13. The molecule has 3 rings (SSSR count). The third-order valence-corrected chi connectivity index (χ3v) is 4.50. The molecule has 134 valence electrons. The normalized spacial score (nSPS) is 10.8. The SMILES string of the molecule is CCN(CC)c1ccc(NC(=O)c2cc3ccc(C)cc3nc2C)cn1. The molecule has 0 aliphatic carbocycles. The molecule has 1 aromatic carbocycles. The van der Waals surface area contributed by atoms with Crippen LogP contribution in [0.3, 0.4) is 0 Å². The fourth-order valence-electron chi connectivity index (χ4n) is 3.00. The number of carbonyl (C=O) groups excluding carboxylic acids is 1. The van der Waals surface area contributed by atoms with Crippen molar-refractivity contribution in [2.75, 3.05) is 23.3 Å². The zero-order valence-electron chi connectivity index (χ0n) is 15.7. The highest BCUT2D eigenvalue weighted by atomic mass is 16.1. The highest BCUT2D eigenvalue weighted by Crippen LogP contribution is 2.20. The number of rotatable bonds is 5. The van der Waals surface area contributed by atoms with Crippen LogP contribution >= 0.6 is 0 Å². The van der Waals surface area contributed by atoms with Crippen molar-refractivity contribution in [3.63, 3.8) is 0 Å². The summed E-state index contributed by atoms with van der Waals surface area (Å²) in [6, 6.07) is 11.7. The Morgan fingerprint density at radius 1 is 1.08 bits per heavy atom. The molecule has 0 atom stereocenters. The Morgan fingerprint density at radius 2 is 1.85 bits per heavy atom. The average Bonchev–Trinajstić information content (AvgIpc) is 2.63. The van der Waals surface area contributed by atoms with Gasteiger partial charge in [0, 0.05) is 18.5 Å². The van der Waals surface area contributed by atoms with Gasteiger partial charge >= 0.3 is 0 Å². The Kier molecular flexibility index (Phi) is 5.16. The lowest BCUT2D eigenvalue weighted by molar-refractivity contribution is 0.102. The largest absolute Gasteiger partial charge is 0.357 e. The number of amides is 1. The van der Waals surface area contributed by atoms with E-state index in [0.29, 0.717) is 16.9 Å². The third kappa shape index (κ3) is 3.67. The van der Waals surface area contributed by atoms with Crippen molar-refractivity contribution < 1.29 is 4.79 Å². The van der Waals surface area contributed by atoms with Crippen LogP contribution in [0, 0.1) is 13.8 Å². The van der Waals surface area contributed by atoms with Crippen molar-refractivity contribution >= 4 is 28.3 Å². The van der Waals surface area contributed by atoms with Crippen molar-refractivity contribution in [2.45, 2.75) is 27.7 Å². The van der Waals surface area contributed by atoms with Crippen LogP contribution in [0.4, 0.5) is 11.5 Å². The van der Waals surface area contributed by atoms with Gasteiger partial charge in [0.05, 0.1) is 28.7 Å². The second-order valence-corrected chi connectivity index (χ2v) is 6.35. The van der Waals surface area contributed by atoms with E-state index < -0.39 is 0 Å². The fourth-order valence-corrected chi connectivity index (χ4v) is 3.00. The van der Waals surface area contributed by atoms with Gasteiger partial charge in [0.25, 0.3) is 5.91 Å². The van der Waals surface area contributed by atoms with Crippen molar-refractivity contribution in [3.05, 3.63) is 59.4 Å². The molecular weight excluding hydrogens is 324 g/mol. The number of benzene rings is 1. The van der Waals surface area contributed by atoms with Crippen LogP contribution in [-0.2, 0) is 0 Å². The van der Waals surface area contributed by atoms with Gasteiger partial charge in [-0.05, 0) is 57.5 Å². The van der Waals surface area contributed by atoms with Gasteiger partial charge in [-0.15, -0.1) is 0 Å². The number of hydrogen-bond acceptors (Lipinski definition) is 4. The Hall–Kier alpha value is -2.95. The van der Waals surface area contributed by atoms with Crippen molar-refractivity contribution in [3.8, 4) is 0 Å². The van der Waals surface area contributed by atoms with E-state index in [0.717, 1.165) is 35.4 Å². The summed E-state index contributed by atoms with van der Waals surface area (Å²) < 4.78 is 0. The molecule has 1 amide bonds. The molecule has 5 nitrogen and oxygen atoms in total. The van der Waals surface area contributed by atoms with Gasteiger partial charge in [0.2, 0.25) is 0 Å².